The van der Waals surface area contributed by atoms with Crippen molar-refractivity contribution in [3.8, 4) is 0 Å². The summed E-state index contributed by atoms with van der Waals surface area (Å²) in [5.41, 5.74) is 0.768. The van der Waals surface area contributed by atoms with Gasteiger partial charge in [0, 0.05) is 11.6 Å². The summed E-state index contributed by atoms with van der Waals surface area (Å²) in [4.78, 5) is 38.2. The standard InChI is InChI=1S/C16H19ClN4O3/c1-2-3-8-21-13-11(14(22)20-16(21)24)12(18-15(23)19-13)9-4-6-10(17)7-5-9/h4-7,11-13H,2-3,8H2,1H3,(H2,18,19,23)(H,20,22,24). The normalized spacial score (nSPS) is 26.3. The summed E-state index contributed by atoms with van der Waals surface area (Å²) in [6, 6.07) is 5.57. The number of hydrogen-bond acceptors (Lipinski definition) is 3. The molecule has 3 atom stereocenters. The number of nitrogens with zero attached hydrogens (tertiary/aromatic N) is 1. The van der Waals surface area contributed by atoms with Crippen molar-refractivity contribution in [2.24, 2.45) is 5.92 Å². The molecule has 0 radical (unpaired) electrons. The van der Waals surface area contributed by atoms with Crippen molar-refractivity contribution in [2.75, 3.05) is 6.54 Å². The van der Waals surface area contributed by atoms with Crippen molar-refractivity contribution in [1.82, 2.24) is 20.9 Å². The number of benzene rings is 1. The highest BCUT2D eigenvalue weighted by atomic mass is 35.5. The van der Waals surface area contributed by atoms with E-state index in [1.165, 1.54) is 4.90 Å². The molecular formula is C16H19ClN4O3. The van der Waals surface area contributed by atoms with Crippen molar-refractivity contribution in [1.29, 1.82) is 0 Å². The lowest BCUT2D eigenvalue weighted by Gasteiger charge is -2.46. The van der Waals surface area contributed by atoms with Crippen LogP contribution in [0.15, 0.2) is 24.3 Å². The van der Waals surface area contributed by atoms with Crippen molar-refractivity contribution in [3.63, 3.8) is 0 Å². The molecule has 2 heterocycles. The van der Waals surface area contributed by atoms with Crippen molar-refractivity contribution in [3.05, 3.63) is 34.9 Å². The van der Waals surface area contributed by atoms with Gasteiger partial charge in [0.2, 0.25) is 5.91 Å². The first-order valence-electron chi connectivity index (χ1n) is 7.95. The molecule has 0 aliphatic carbocycles. The van der Waals surface area contributed by atoms with E-state index in [4.69, 9.17) is 11.6 Å². The Balaban J connectivity index is 1.94. The Labute approximate surface area is 144 Å². The third-order valence-electron chi connectivity index (χ3n) is 4.38. The molecule has 8 heteroatoms. The van der Waals surface area contributed by atoms with Gasteiger partial charge in [0.1, 0.15) is 12.1 Å². The molecule has 3 rings (SSSR count). The Morgan fingerprint density at radius 3 is 2.50 bits per heavy atom. The highest BCUT2D eigenvalue weighted by molar-refractivity contribution is 6.30. The molecule has 1 aromatic carbocycles. The van der Waals surface area contributed by atoms with Crippen LogP contribution in [0.3, 0.4) is 0 Å². The Kier molecular flexibility index (Phi) is 4.62. The van der Waals surface area contributed by atoms with E-state index in [1.807, 2.05) is 6.92 Å². The Hall–Kier alpha value is -2.28. The highest BCUT2D eigenvalue weighted by Gasteiger charge is 2.49. The van der Waals surface area contributed by atoms with Crippen molar-refractivity contribution in [2.45, 2.75) is 32.0 Å². The molecule has 0 bridgehead atoms. The summed E-state index contributed by atoms with van der Waals surface area (Å²) < 4.78 is 0. The van der Waals surface area contributed by atoms with Gasteiger partial charge in [-0.25, -0.2) is 9.59 Å². The maximum atomic E-state index is 12.4. The first kappa shape index (κ1) is 16.6. The molecule has 5 amide bonds. The molecule has 0 spiro atoms. The second-order valence-electron chi connectivity index (χ2n) is 5.96. The first-order valence-corrected chi connectivity index (χ1v) is 8.33. The number of fused-ring (bicyclic) bond motifs is 1. The van der Waals surface area contributed by atoms with Gasteiger partial charge in [0.05, 0.1) is 6.04 Å². The second-order valence-corrected chi connectivity index (χ2v) is 6.40. The minimum Gasteiger partial charge on any atom is -0.330 e. The molecule has 2 aliphatic heterocycles. The Morgan fingerprint density at radius 1 is 1.12 bits per heavy atom. The molecule has 128 valence electrons. The average molecular weight is 351 g/mol. The van der Waals surface area contributed by atoms with E-state index in [9.17, 15) is 14.4 Å². The van der Waals surface area contributed by atoms with Crippen molar-refractivity contribution >= 4 is 29.6 Å². The van der Waals surface area contributed by atoms with Crippen LogP contribution in [0, 0.1) is 5.92 Å². The number of urea groups is 2. The van der Waals surface area contributed by atoms with E-state index < -0.39 is 36.1 Å². The molecular weight excluding hydrogens is 332 g/mol. The van der Waals surface area contributed by atoms with Gasteiger partial charge in [-0.2, -0.15) is 0 Å². The molecule has 0 aromatic heterocycles. The minimum atomic E-state index is -0.660. The molecule has 2 saturated heterocycles. The third kappa shape index (κ3) is 3.03. The van der Waals surface area contributed by atoms with Gasteiger partial charge in [-0.1, -0.05) is 37.1 Å². The predicted octanol–water partition coefficient (Wildman–Crippen LogP) is 1.99. The number of nitrogens with one attached hydrogen (secondary N) is 3. The zero-order valence-corrected chi connectivity index (χ0v) is 14.0. The van der Waals surface area contributed by atoms with Crippen molar-refractivity contribution < 1.29 is 14.4 Å². The Morgan fingerprint density at radius 2 is 1.83 bits per heavy atom. The van der Waals surface area contributed by atoms with E-state index in [0.717, 1.165) is 18.4 Å². The van der Waals surface area contributed by atoms with E-state index in [-0.39, 0.29) is 0 Å². The first-order chi connectivity index (χ1) is 11.5. The fourth-order valence-corrected chi connectivity index (χ4v) is 3.29. The van der Waals surface area contributed by atoms with E-state index >= 15 is 0 Å². The number of amides is 5. The zero-order chi connectivity index (χ0) is 17.3. The molecule has 24 heavy (non-hydrogen) atoms. The average Bonchev–Trinajstić information content (AvgIpc) is 2.54. The van der Waals surface area contributed by atoms with Crippen LogP contribution in [0.1, 0.15) is 31.4 Å². The summed E-state index contributed by atoms with van der Waals surface area (Å²) in [5, 5.41) is 8.47. The van der Waals surface area contributed by atoms with Crippen LogP contribution >= 0.6 is 11.6 Å². The summed E-state index contributed by atoms with van der Waals surface area (Å²) in [6.07, 6.45) is 1.04. The molecule has 3 N–H and O–H groups in total. The number of imide groups is 1. The van der Waals surface area contributed by atoms with Gasteiger partial charge in [-0.05, 0) is 24.1 Å². The number of carbonyl (C=O) groups is 3. The van der Waals surface area contributed by atoms with E-state index in [0.29, 0.717) is 11.6 Å². The van der Waals surface area contributed by atoms with Gasteiger partial charge in [0.25, 0.3) is 0 Å². The molecule has 2 aliphatic rings. The number of hydrogen-bond donors (Lipinski definition) is 3. The van der Waals surface area contributed by atoms with E-state index in [2.05, 4.69) is 16.0 Å². The van der Waals surface area contributed by atoms with Crippen LogP contribution in [-0.2, 0) is 4.79 Å². The maximum Gasteiger partial charge on any atom is 0.325 e. The summed E-state index contributed by atoms with van der Waals surface area (Å²) in [5.74, 6) is -1.01. The Bertz CT molecular complexity index is 664. The SMILES string of the molecule is CCCCN1C(=O)NC(=O)C2C(c3ccc(Cl)cc3)NC(=O)NC21. The van der Waals surface area contributed by atoms with Gasteiger partial charge < -0.3 is 15.5 Å². The smallest absolute Gasteiger partial charge is 0.325 e. The third-order valence-corrected chi connectivity index (χ3v) is 4.63. The van der Waals surface area contributed by atoms with Crippen LogP contribution in [0.4, 0.5) is 9.59 Å². The molecule has 2 fully saturated rings. The number of carbonyl (C=O) groups excluding carboxylic acids is 3. The lowest BCUT2D eigenvalue weighted by molar-refractivity contribution is -0.130. The lowest BCUT2D eigenvalue weighted by atomic mass is 9.86. The molecule has 3 unspecified atom stereocenters. The molecule has 1 aromatic rings. The van der Waals surface area contributed by atoms with Crippen LogP contribution < -0.4 is 16.0 Å². The number of halogens is 1. The lowest BCUT2D eigenvalue weighted by Crippen LogP contribution is -2.72. The number of rotatable bonds is 4. The maximum absolute atomic E-state index is 12.4. The summed E-state index contributed by atoms with van der Waals surface area (Å²) in [7, 11) is 0. The van der Waals surface area contributed by atoms with Gasteiger partial charge in [-0.15, -0.1) is 0 Å². The highest BCUT2D eigenvalue weighted by Crippen LogP contribution is 2.32. The largest absolute Gasteiger partial charge is 0.330 e. The number of unbranched alkanes of at least 4 members (excludes halogenated alkanes) is 1. The topological polar surface area (TPSA) is 90.5 Å². The van der Waals surface area contributed by atoms with E-state index in [1.54, 1.807) is 24.3 Å². The fourth-order valence-electron chi connectivity index (χ4n) is 3.16. The van der Waals surface area contributed by atoms with Gasteiger partial charge in [0.15, 0.2) is 0 Å². The fraction of sp³-hybridized carbons (Fsp3) is 0.438. The van der Waals surface area contributed by atoms with Crippen LogP contribution in [-0.4, -0.2) is 35.6 Å². The summed E-state index contributed by atoms with van der Waals surface area (Å²) >= 11 is 5.91. The monoisotopic (exact) mass is 350 g/mol. The van der Waals surface area contributed by atoms with Crippen LogP contribution in [0.2, 0.25) is 5.02 Å². The van der Waals surface area contributed by atoms with Crippen LogP contribution in [0.25, 0.3) is 0 Å². The summed E-state index contributed by atoms with van der Waals surface area (Å²) in [6.45, 7) is 2.49. The second kappa shape index (κ2) is 6.68. The predicted molar refractivity (Wildman–Crippen MR) is 88.3 cm³/mol. The quantitative estimate of drug-likeness (QED) is 0.775. The van der Waals surface area contributed by atoms with Gasteiger partial charge >= 0.3 is 12.1 Å². The van der Waals surface area contributed by atoms with Crippen LogP contribution in [0.5, 0.6) is 0 Å². The molecule has 7 nitrogen and oxygen atoms in total. The minimum absolute atomic E-state index is 0.398. The zero-order valence-electron chi connectivity index (χ0n) is 13.2. The van der Waals surface area contributed by atoms with Gasteiger partial charge in [-0.3, -0.25) is 10.1 Å². The molecule has 0 saturated carbocycles.